The molecule has 1 aromatic heterocycles. The fraction of sp³-hybridized carbons (Fsp3) is 0.700. The first-order chi connectivity index (χ1) is 18.2. The maximum absolute atomic E-state index is 15.5. The first-order valence-electron chi connectivity index (χ1n) is 11.4. The van der Waals surface area contributed by atoms with E-state index in [1.165, 1.54) is 6.07 Å². The standard InChI is InChI=1S/C20H28ClFN3O13P/c1-10(2)35-17(27)31-8-33-39(30,34-9-32-18(28)36-11(3)4)38-15-19(7-21)20(15,29)13(22)14(37-19)25-6-5-12(23)24-16(25)26/h5-6,10-11,13-15,29H,7-9H2,1-4H3,(H2,23,24,26)/t13-,14+,15?,19+,20+/m0/s1. The highest BCUT2D eigenvalue weighted by atomic mass is 35.5. The summed E-state index contributed by atoms with van der Waals surface area (Å²) in [6, 6.07) is 1.21. The Morgan fingerprint density at radius 1 is 1.21 bits per heavy atom. The molecule has 1 aromatic rings. The van der Waals surface area contributed by atoms with Gasteiger partial charge in [0.05, 0.1) is 18.1 Å². The van der Waals surface area contributed by atoms with Gasteiger partial charge in [0.15, 0.2) is 18.0 Å². The average Bonchev–Trinajstić information content (AvgIpc) is 3.21. The molecule has 1 saturated heterocycles. The lowest BCUT2D eigenvalue weighted by Gasteiger charge is -2.25. The van der Waals surface area contributed by atoms with Crippen LogP contribution in [0.1, 0.15) is 33.9 Å². The number of halogens is 2. The zero-order valence-corrected chi connectivity index (χ0v) is 22.8. The van der Waals surface area contributed by atoms with Crippen molar-refractivity contribution in [2.75, 3.05) is 25.2 Å². The number of carbonyl (C=O) groups is 2. The van der Waals surface area contributed by atoms with Gasteiger partial charge in [0.2, 0.25) is 13.6 Å². The number of anilines is 1. The Morgan fingerprint density at radius 3 is 2.18 bits per heavy atom. The third-order valence-electron chi connectivity index (χ3n) is 5.42. The molecule has 39 heavy (non-hydrogen) atoms. The second-order valence-electron chi connectivity index (χ2n) is 8.85. The summed E-state index contributed by atoms with van der Waals surface area (Å²) in [5.74, 6) is -0.729. The van der Waals surface area contributed by atoms with Crippen LogP contribution in [0.4, 0.5) is 19.8 Å². The largest absolute Gasteiger partial charge is 0.510 e. The lowest BCUT2D eigenvalue weighted by molar-refractivity contribution is -0.0952. The van der Waals surface area contributed by atoms with E-state index in [0.29, 0.717) is 0 Å². The molecule has 2 heterocycles. The highest BCUT2D eigenvalue weighted by Gasteiger charge is 2.90. The Labute approximate surface area is 225 Å². The number of phosphoric ester groups is 1. The van der Waals surface area contributed by atoms with Crippen LogP contribution in [0.5, 0.6) is 0 Å². The Bertz CT molecular complexity index is 1140. The molecule has 5 atom stereocenters. The number of ether oxygens (including phenoxy) is 5. The van der Waals surface area contributed by atoms with E-state index in [9.17, 15) is 24.1 Å². The van der Waals surface area contributed by atoms with Crippen LogP contribution in [0.3, 0.4) is 0 Å². The van der Waals surface area contributed by atoms with E-state index in [1.807, 2.05) is 0 Å². The minimum atomic E-state index is -4.91. The number of nitrogen functional groups attached to an aromatic ring is 1. The maximum atomic E-state index is 15.5. The minimum Gasteiger partial charge on any atom is -0.432 e. The quantitative estimate of drug-likeness (QED) is 0.151. The van der Waals surface area contributed by atoms with Crippen LogP contribution in [0, 0.1) is 0 Å². The SMILES string of the molecule is CC(C)OC(=O)OCOP(=O)(OCOC(=O)OC(C)C)OC1[C@@]2(CCl)O[C@@H](n3ccc(N)nc3=O)[C@H](F)[C@@]12O. The van der Waals surface area contributed by atoms with Crippen molar-refractivity contribution >= 4 is 37.6 Å². The second-order valence-corrected chi connectivity index (χ2v) is 10.7. The summed E-state index contributed by atoms with van der Waals surface area (Å²) in [5.41, 5.74) is -0.101. The minimum absolute atomic E-state index is 0.129. The molecule has 19 heteroatoms. The Balaban J connectivity index is 1.75. The molecular formula is C20H28ClFN3O13P. The molecular weight excluding hydrogens is 576 g/mol. The Hall–Kier alpha value is -2.53. The molecule has 2 fully saturated rings. The molecule has 3 rings (SSSR count). The van der Waals surface area contributed by atoms with Crippen LogP contribution in [-0.2, 0) is 41.8 Å². The van der Waals surface area contributed by atoms with Crippen molar-refractivity contribution in [1.82, 2.24) is 9.55 Å². The van der Waals surface area contributed by atoms with Crippen LogP contribution >= 0.6 is 19.4 Å². The number of alkyl halides is 2. The van der Waals surface area contributed by atoms with Crippen molar-refractivity contribution in [2.24, 2.45) is 0 Å². The fourth-order valence-electron chi connectivity index (χ4n) is 3.66. The van der Waals surface area contributed by atoms with Gasteiger partial charge >= 0.3 is 25.8 Å². The van der Waals surface area contributed by atoms with Crippen LogP contribution in [0.15, 0.2) is 17.1 Å². The lowest BCUT2D eigenvalue weighted by Crippen LogP contribution is -2.38. The number of aromatic nitrogens is 2. The number of phosphoric acid groups is 1. The fourth-order valence-corrected chi connectivity index (χ4v) is 5.22. The average molecular weight is 604 g/mol. The number of nitrogens with two attached hydrogens (primary N) is 1. The van der Waals surface area contributed by atoms with Crippen molar-refractivity contribution in [2.45, 2.75) is 69.6 Å². The smallest absolute Gasteiger partial charge is 0.432 e. The molecule has 3 N–H and O–H groups in total. The summed E-state index contributed by atoms with van der Waals surface area (Å²) in [7, 11) is -4.91. The van der Waals surface area contributed by atoms with Gasteiger partial charge in [0.1, 0.15) is 17.5 Å². The molecule has 16 nitrogen and oxygen atoms in total. The van der Waals surface area contributed by atoms with Gasteiger partial charge in [-0.3, -0.25) is 9.09 Å². The second kappa shape index (κ2) is 11.9. The number of hydrogen-bond acceptors (Lipinski definition) is 15. The van der Waals surface area contributed by atoms with Gasteiger partial charge in [-0.2, -0.15) is 4.98 Å². The maximum Gasteiger partial charge on any atom is 0.510 e. The molecule has 220 valence electrons. The van der Waals surface area contributed by atoms with Crippen LogP contribution in [-0.4, -0.2) is 82.1 Å². The van der Waals surface area contributed by atoms with Crippen LogP contribution in [0.2, 0.25) is 0 Å². The molecule has 0 radical (unpaired) electrons. The van der Waals surface area contributed by atoms with Gasteiger partial charge in [-0.1, -0.05) is 0 Å². The highest BCUT2D eigenvalue weighted by molar-refractivity contribution is 7.48. The van der Waals surface area contributed by atoms with Crippen molar-refractivity contribution < 1.29 is 60.9 Å². The van der Waals surface area contributed by atoms with E-state index in [2.05, 4.69) is 14.5 Å². The third-order valence-corrected chi connectivity index (χ3v) is 7.13. The van der Waals surface area contributed by atoms with Gasteiger partial charge in [-0.15, -0.1) is 11.6 Å². The molecule has 1 aliphatic carbocycles. The summed E-state index contributed by atoms with van der Waals surface area (Å²) in [4.78, 5) is 38.9. The number of fused-ring (bicyclic) bond motifs is 1. The molecule has 0 bridgehead atoms. The van der Waals surface area contributed by atoms with Gasteiger partial charge < -0.3 is 34.5 Å². The number of aliphatic hydroxyl groups is 1. The van der Waals surface area contributed by atoms with Crippen LogP contribution < -0.4 is 11.4 Å². The predicted molar refractivity (Wildman–Crippen MR) is 126 cm³/mol. The van der Waals surface area contributed by atoms with Gasteiger partial charge in [0, 0.05) is 6.20 Å². The van der Waals surface area contributed by atoms with E-state index >= 15 is 4.39 Å². The van der Waals surface area contributed by atoms with E-state index < -0.39 is 87.2 Å². The Kier molecular flexibility index (Phi) is 9.47. The first-order valence-corrected chi connectivity index (χ1v) is 13.4. The van der Waals surface area contributed by atoms with E-state index in [1.54, 1.807) is 27.7 Å². The van der Waals surface area contributed by atoms with E-state index in [-0.39, 0.29) is 5.82 Å². The summed E-state index contributed by atoms with van der Waals surface area (Å²) in [6.07, 6.45) is -8.19. The van der Waals surface area contributed by atoms with Crippen molar-refractivity contribution in [1.29, 1.82) is 0 Å². The first kappa shape index (κ1) is 31.0. The summed E-state index contributed by atoms with van der Waals surface area (Å²) in [5, 5.41) is 11.1. The van der Waals surface area contributed by atoms with Crippen molar-refractivity contribution in [3.8, 4) is 0 Å². The third kappa shape index (κ3) is 6.45. The molecule has 1 aliphatic heterocycles. The summed E-state index contributed by atoms with van der Waals surface area (Å²) >= 11 is 5.98. The monoisotopic (exact) mass is 603 g/mol. The normalized spacial score (nSPS) is 27.8. The van der Waals surface area contributed by atoms with Gasteiger partial charge in [-0.05, 0) is 33.8 Å². The van der Waals surface area contributed by atoms with Crippen molar-refractivity contribution in [3.63, 3.8) is 0 Å². The predicted octanol–water partition coefficient (Wildman–Crippen LogP) is 1.98. The molecule has 0 spiro atoms. The Morgan fingerprint density at radius 2 is 1.74 bits per heavy atom. The zero-order chi connectivity index (χ0) is 29.2. The molecule has 2 aliphatic rings. The van der Waals surface area contributed by atoms with Crippen LogP contribution in [0.25, 0.3) is 0 Å². The number of rotatable bonds is 12. The topological polar surface area (TPSA) is 206 Å². The van der Waals surface area contributed by atoms with Gasteiger partial charge in [-0.25, -0.2) is 32.4 Å². The van der Waals surface area contributed by atoms with Crippen molar-refractivity contribution in [3.05, 3.63) is 22.7 Å². The molecule has 1 saturated carbocycles. The van der Waals surface area contributed by atoms with Gasteiger partial charge in [0.25, 0.3) is 0 Å². The molecule has 0 amide bonds. The number of carbonyl (C=O) groups excluding carboxylic acids is 2. The zero-order valence-electron chi connectivity index (χ0n) is 21.2. The highest BCUT2D eigenvalue weighted by Crippen LogP contribution is 2.69. The summed E-state index contributed by atoms with van der Waals surface area (Å²) in [6.45, 7) is 4.07. The number of nitrogens with zero attached hydrogens (tertiary/aromatic N) is 2. The summed E-state index contributed by atoms with van der Waals surface area (Å²) < 4.78 is 69.0. The molecule has 1 unspecified atom stereocenters. The molecule has 0 aromatic carbocycles. The van der Waals surface area contributed by atoms with E-state index in [0.717, 1.165) is 10.8 Å². The van der Waals surface area contributed by atoms with E-state index in [4.69, 9.17) is 45.1 Å². The number of hydrogen-bond donors (Lipinski definition) is 2. The lowest BCUT2D eigenvalue weighted by atomic mass is 10.1.